The van der Waals surface area contributed by atoms with Crippen LogP contribution < -0.4 is 0 Å². The molecule has 3 aromatic rings. The van der Waals surface area contributed by atoms with E-state index in [1.54, 1.807) is 0 Å². The third kappa shape index (κ3) is 2.41. The summed E-state index contributed by atoms with van der Waals surface area (Å²) in [6.07, 6.45) is 2.08. The molecule has 0 saturated carbocycles. The van der Waals surface area contributed by atoms with E-state index in [9.17, 15) is 0 Å². The van der Waals surface area contributed by atoms with Crippen LogP contribution in [-0.2, 0) is 0 Å². The molecule has 3 rings (SSSR count). The van der Waals surface area contributed by atoms with Crippen molar-refractivity contribution < 1.29 is 0 Å². The molecule has 0 saturated heterocycles. The first-order valence-corrected chi connectivity index (χ1v) is 6.90. The average Bonchev–Trinajstić information content (AvgIpc) is 2.81. The van der Waals surface area contributed by atoms with Gasteiger partial charge in [0.05, 0.1) is 0 Å². The number of hydrogen-bond donors (Lipinski definition) is 1. The average molecular weight is 251 g/mol. The molecule has 0 aliphatic carbocycles. The van der Waals surface area contributed by atoms with Gasteiger partial charge in [0.25, 0.3) is 0 Å². The lowest BCUT2D eigenvalue weighted by Crippen LogP contribution is -1.83. The third-order valence-corrected chi connectivity index (χ3v) is 3.46. The van der Waals surface area contributed by atoms with Crippen LogP contribution in [0.15, 0.2) is 48.7 Å². The second kappa shape index (κ2) is 5.75. The fourth-order valence-electron chi connectivity index (χ4n) is 2.32. The number of aromatic nitrogens is 1. The maximum Gasteiger partial charge on any atom is 0.0492 e. The standard InChI is InChI=1S/C16H15N.C2H6/c1-11-10-17-16(12(11)2)15-9-5-7-13-6-3-4-8-14(13)15;1-2/h3-10,17H,1-2H3;1-2H3. The largest absolute Gasteiger partial charge is 0.361 e. The number of fused-ring (bicyclic) bond motifs is 1. The van der Waals surface area contributed by atoms with Gasteiger partial charge >= 0.3 is 0 Å². The Morgan fingerprint density at radius 3 is 2.21 bits per heavy atom. The van der Waals surface area contributed by atoms with E-state index < -0.39 is 0 Å². The lowest BCUT2D eigenvalue weighted by atomic mass is 10.00. The molecule has 0 amide bonds. The summed E-state index contributed by atoms with van der Waals surface area (Å²) < 4.78 is 0. The second-order valence-corrected chi connectivity index (χ2v) is 4.50. The molecule has 1 nitrogen and oxygen atoms in total. The highest BCUT2D eigenvalue weighted by Gasteiger charge is 2.08. The van der Waals surface area contributed by atoms with Gasteiger partial charge in [0, 0.05) is 17.5 Å². The van der Waals surface area contributed by atoms with Crippen molar-refractivity contribution in [2.24, 2.45) is 0 Å². The minimum atomic E-state index is 1.24. The Hall–Kier alpha value is -2.02. The van der Waals surface area contributed by atoms with Crippen LogP contribution >= 0.6 is 0 Å². The SMILES string of the molecule is CC.Cc1c[nH]c(-c2cccc3ccccc23)c1C. The van der Waals surface area contributed by atoms with Gasteiger partial charge in [-0.3, -0.25) is 0 Å². The third-order valence-electron chi connectivity index (χ3n) is 3.46. The zero-order valence-corrected chi connectivity index (χ0v) is 12.1. The molecule has 0 unspecified atom stereocenters. The van der Waals surface area contributed by atoms with E-state index in [-0.39, 0.29) is 0 Å². The lowest BCUT2D eigenvalue weighted by molar-refractivity contribution is 1.38. The Labute approximate surface area is 115 Å². The predicted octanol–water partition coefficient (Wildman–Crippen LogP) is 5.48. The summed E-state index contributed by atoms with van der Waals surface area (Å²) in [4.78, 5) is 3.38. The van der Waals surface area contributed by atoms with Gasteiger partial charge in [0.2, 0.25) is 0 Å². The summed E-state index contributed by atoms with van der Waals surface area (Å²) in [7, 11) is 0. The van der Waals surface area contributed by atoms with E-state index in [1.807, 2.05) is 13.8 Å². The van der Waals surface area contributed by atoms with Crippen molar-refractivity contribution >= 4 is 10.8 Å². The number of H-pyrrole nitrogens is 1. The predicted molar refractivity (Wildman–Crippen MR) is 84.6 cm³/mol. The second-order valence-electron chi connectivity index (χ2n) is 4.50. The first-order valence-electron chi connectivity index (χ1n) is 6.90. The number of hydrogen-bond acceptors (Lipinski definition) is 0. The van der Waals surface area contributed by atoms with E-state index in [4.69, 9.17) is 0 Å². The quantitative estimate of drug-likeness (QED) is 0.589. The van der Waals surface area contributed by atoms with Crippen LogP contribution in [0, 0.1) is 13.8 Å². The molecule has 0 spiro atoms. The van der Waals surface area contributed by atoms with Crippen LogP contribution in [0.3, 0.4) is 0 Å². The van der Waals surface area contributed by atoms with Gasteiger partial charge in [-0.2, -0.15) is 0 Å². The maximum atomic E-state index is 3.38. The van der Waals surface area contributed by atoms with Crippen molar-refractivity contribution in [2.45, 2.75) is 27.7 Å². The molecule has 1 heterocycles. The summed E-state index contributed by atoms with van der Waals surface area (Å²) in [5.41, 5.74) is 5.17. The van der Waals surface area contributed by atoms with Crippen LogP contribution in [0.5, 0.6) is 0 Å². The number of rotatable bonds is 1. The number of benzene rings is 2. The van der Waals surface area contributed by atoms with Gasteiger partial charge in [-0.25, -0.2) is 0 Å². The van der Waals surface area contributed by atoms with Crippen molar-refractivity contribution in [3.8, 4) is 11.3 Å². The van der Waals surface area contributed by atoms with E-state index >= 15 is 0 Å². The molecule has 1 N–H and O–H groups in total. The molecule has 19 heavy (non-hydrogen) atoms. The Kier molecular flexibility index (Phi) is 4.06. The number of aromatic amines is 1. The molecule has 0 bridgehead atoms. The van der Waals surface area contributed by atoms with Crippen molar-refractivity contribution in [3.63, 3.8) is 0 Å². The van der Waals surface area contributed by atoms with Crippen LogP contribution in [0.1, 0.15) is 25.0 Å². The molecule has 0 atom stereocenters. The van der Waals surface area contributed by atoms with Crippen molar-refractivity contribution in [1.82, 2.24) is 4.98 Å². The molecule has 1 aromatic heterocycles. The first-order chi connectivity index (χ1) is 9.27. The molecule has 98 valence electrons. The topological polar surface area (TPSA) is 15.8 Å². The number of aryl methyl sites for hydroxylation is 1. The van der Waals surface area contributed by atoms with E-state index in [2.05, 4.69) is 67.5 Å². The Bertz CT molecular complexity index is 672. The number of nitrogens with one attached hydrogen (secondary N) is 1. The van der Waals surface area contributed by atoms with Crippen molar-refractivity contribution in [3.05, 3.63) is 59.8 Å². The Morgan fingerprint density at radius 2 is 1.53 bits per heavy atom. The first kappa shape index (κ1) is 13.4. The normalized spacial score (nSPS) is 10.1. The molecule has 1 heteroatoms. The van der Waals surface area contributed by atoms with Gasteiger partial charge in [-0.1, -0.05) is 56.3 Å². The smallest absolute Gasteiger partial charge is 0.0492 e. The van der Waals surface area contributed by atoms with Gasteiger partial charge in [-0.05, 0) is 35.7 Å². The van der Waals surface area contributed by atoms with Crippen molar-refractivity contribution in [2.75, 3.05) is 0 Å². The molecule has 2 aromatic carbocycles. The summed E-state index contributed by atoms with van der Waals surface area (Å²) in [5, 5.41) is 2.59. The van der Waals surface area contributed by atoms with Crippen LogP contribution in [0.2, 0.25) is 0 Å². The highest BCUT2D eigenvalue weighted by molar-refractivity contribution is 5.96. The van der Waals surface area contributed by atoms with Crippen LogP contribution in [0.4, 0.5) is 0 Å². The molecule has 0 aliphatic heterocycles. The van der Waals surface area contributed by atoms with E-state index in [0.29, 0.717) is 0 Å². The molecular weight excluding hydrogens is 230 g/mol. The zero-order valence-electron chi connectivity index (χ0n) is 12.1. The Morgan fingerprint density at radius 1 is 0.842 bits per heavy atom. The van der Waals surface area contributed by atoms with E-state index in [1.165, 1.54) is 33.2 Å². The summed E-state index contributed by atoms with van der Waals surface area (Å²) in [6, 6.07) is 15.0. The van der Waals surface area contributed by atoms with Gasteiger partial charge in [-0.15, -0.1) is 0 Å². The van der Waals surface area contributed by atoms with E-state index in [0.717, 1.165) is 0 Å². The summed E-state index contributed by atoms with van der Waals surface area (Å²) in [5.74, 6) is 0. The van der Waals surface area contributed by atoms with Crippen LogP contribution in [0.25, 0.3) is 22.0 Å². The minimum absolute atomic E-state index is 1.24. The molecule has 0 radical (unpaired) electrons. The van der Waals surface area contributed by atoms with Gasteiger partial charge in [0.1, 0.15) is 0 Å². The van der Waals surface area contributed by atoms with Crippen LogP contribution in [-0.4, -0.2) is 4.98 Å². The monoisotopic (exact) mass is 251 g/mol. The van der Waals surface area contributed by atoms with Gasteiger partial charge < -0.3 is 4.98 Å². The minimum Gasteiger partial charge on any atom is -0.361 e. The summed E-state index contributed by atoms with van der Waals surface area (Å²) >= 11 is 0. The lowest BCUT2D eigenvalue weighted by Gasteiger charge is -2.06. The molecular formula is C18H21N. The highest BCUT2D eigenvalue weighted by atomic mass is 14.7. The maximum absolute atomic E-state index is 3.38. The zero-order chi connectivity index (χ0) is 13.8. The molecule has 0 aliphatic rings. The molecule has 0 fully saturated rings. The highest BCUT2D eigenvalue weighted by Crippen LogP contribution is 2.30. The Balaban J connectivity index is 0.000000637. The van der Waals surface area contributed by atoms with Gasteiger partial charge in [0.15, 0.2) is 0 Å². The summed E-state index contributed by atoms with van der Waals surface area (Å²) in [6.45, 7) is 8.31. The fraction of sp³-hybridized carbons (Fsp3) is 0.222. The van der Waals surface area contributed by atoms with Crippen molar-refractivity contribution in [1.29, 1.82) is 0 Å². The fourth-order valence-corrected chi connectivity index (χ4v) is 2.32.